The number of aryl methyl sites for hydroxylation is 1. The number of nitrogens with zero attached hydrogens (tertiary/aromatic N) is 2. The zero-order chi connectivity index (χ0) is 12.3. The van der Waals surface area contributed by atoms with Crippen LogP contribution in [-0.4, -0.2) is 17.0 Å². The van der Waals surface area contributed by atoms with Crippen molar-refractivity contribution < 1.29 is 0 Å². The van der Waals surface area contributed by atoms with Gasteiger partial charge in [0.1, 0.15) is 5.82 Å². The lowest BCUT2D eigenvalue weighted by molar-refractivity contribution is 0.789. The molecule has 0 amide bonds. The van der Waals surface area contributed by atoms with Crippen LogP contribution in [0.25, 0.3) is 11.4 Å². The highest BCUT2D eigenvalue weighted by Gasteiger charge is 2.04. The Hall–Kier alpha value is -1.94. The zero-order valence-electron chi connectivity index (χ0n) is 10.1. The van der Waals surface area contributed by atoms with Crippen LogP contribution < -0.4 is 11.1 Å². The van der Waals surface area contributed by atoms with Crippen LogP contribution in [0.3, 0.4) is 0 Å². The molecule has 0 radical (unpaired) electrons. The van der Waals surface area contributed by atoms with E-state index in [1.165, 1.54) is 5.56 Å². The van der Waals surface area contributed by atoms with Gasteiger partial charge in [0.2, 0.25) is 0 Å². The summed E-state index contributed by atoms with van der Waals surface area (Å²) in [5.41, 5.74) is 8.88. The SMILES string of the molecule is CNCc1cc(N)nc(-c2ccc(C)cc2)n1. The Kier molecular flexibility index (Phi) is 3.35. The maximum Gasteiger partial charge on any atom is 0.161 e. The van der Waals surface area contributed by atoms with E-state index in [1.54, 1.807) is 6.07 Å². The number of aromatic nitrogens is 2. The smallest absolute Gasteiger partial charge is 0.161 e. The first-order valence-electron chi connectivity index (χ1n) is 5.54. The maximum atomic E-state index is 5.78. The second-order valence-corrected chi connectivity index (χ2v) is 4.00. The highest BCUT2D eigenvalue weighted by Crippen LogP contribution is 2.17. The fourth-order valence-corrected chi connectivity index (χ4v) is 1.62. The third kappa shape index (κ3) is 2.79. The third-order valence-corrected chi connectivity index (χ3v) is 2.47. The van der Waals surface area contributed by atoms with Crippen LogP contribution in [0, 0.1) is 6.92 Å². The molecule has 2 aromatic rings. The van der Waals surface area contributed by atoms with Crippen LogP contribution in [0.5, 0.6) is 0 Å². The van der Waals surface area contributed by atoms with E-state index < -0.39 is 0 Å². The molecular weight excluding hydrogens is 212 g/mol. The molecule has 1 heterocycles. The van der Waals surface area contributed by atoms with E-state index in [-0.39, 0.29) is 0 Å². The number of anilines is 1. The van der Waals surface area contributed by atoms with Crippen LogP contribution in [0.2, 0.25) is 0 Å². The summed E-state index contributed by atoms with van der Waals surface area (Å²) in [6, 6.07) is 9.88. The molecule has 4 nitrogen and oxygen atoms in total. The van der Waals surface area contributed by atoms with E-state index >= 15 is 0 Å². The lowest BCUT2D eigenvalue weighted by Crippen LogP contribution is -2.09. The molecule has 3 N–H and O–H groups in total. The standard InChI is InChI=1S/C13H16N4/c1-9-3-5-10(6-4-9)13-16-11(8-15-2)7-12(14)17-13/h3-7,15H,8H2,1-2H3,(H2,14,16,17). The molecule has 0 fully saturated rings. The van der Waals surface area contributed by atoms with Crippen molar-refractivity contribution in [1.82, 2.24) is 15.3 Å². The van der Waals surface area contributed by atoms with Gasteiger partial charge in [-0.15, -0.1) is 0 Å². The normalized spacial score (nSPS) is 10.5. The van der Waals surface area contributed by atoms with Crippen LogP contribution in [-0.2, 0) is 6.54 Å². The molecule has 1 aromatic heterocycles. The molecule has 0 saturated heterocycles. The van der Waals surface area contributed by atoms with Gasteiger partial charge in [0.25, 0.3) is 0 Å². The number of benzene rings is 1. The van der Waals surface area contributed by atoms with Crippen molar-refractivity contribution in [3.8, 4) is 11.4 Å². The Balaban J connectivity index is 2.40. The van der Waals surface area contributed by atoms with Crippen molar-refractivity contribution in [2.24, 2.45) is 0 Å². The highest BCUT2D eigenvalue weighted by atomic mass is 15.0. The predicted octanol–water partition coefficient (Wildman–Crippen LogP) is 1.75. The first-order chi connectivity index (χ1) is 8.19. The first-order valence-corrected chi connectivity index (χ1v) is 5.54. The summed E-state index contributed by atoms with van der Waals surface area (Å²) >= 11 is 0. The molecule has 0 aliphatic rings. The first kappa shape index (κ1) is 11.5. The van der Waals surface area contributed by atoms with Crippen LogP contribution in [0.15, 0.2) is 30.3 Å². The molecular formula is C13H16N4. The van der Waals surface area contributed by atoms with Gasteiger partial charge in [0.15, 0.2) is 5.82 Å². The van der Waals surface area contributed by atoms with Crippen LogP contribution in [0.4, 0.5) is 5.82 Å². The van der Waals surface area contributed by atoms with Gasteiger partial charge >= 0.3 is 0 Å². The zero-order valence-corrected chi connectivity index (χ0v) is 10.1. The second-order valence-electron chi connectivity index (χ2n) is 4.00. The Labute approximate surface area is 101 Å². The average molecular weight is 228 g/mol. The van der Waals surface area contributed by atoms with Gasteiger partial charge < -0.3 is 11.1 Å². The molecule has 17 heavy (non-hydrogen) atoms. The van der Waals surface area contributed by atoms with E-state index in [2.05, 4.69) is 22.2 Å². The predicted molar refractivity (Wildman–Crippen MR) is 69.4 cm³/mol. The summed E-state index contributed by atoms with van der Waals surface area (Å²) in [7, 11) is 1.88. The summed E-state index contributed by atoms with van der Waals surface area (Å²) in [6.45, 7) is 2.74. The number of hydrogen-bond acceptors (Lipinski definition) is 4. The summed E-state index contributed by atoms with van der Waals surface area (Å²) < 4.78 is 0. The van der Waals surface area contributed by atoms with Crippen molar-refractivity contribution in [2.45, 2.75) is 13.5 Å². The van der Waals surface area contributed by atoms with Crippen molar-refractivity contribution in [3.05, 3.63) is 41.6 Å². The molecule has 0 saturated carbocycles. The van der Waals surface area contributed by atoms with Gasteiger partial charge in [-0.25, -0.2) is 9.97 Å². The summed E-state index contributed by atoms with van der Waals surface area (Å²) in [5, 5.41) is 3.05. The molecule has 2 rings (SSSR count). The van der Waals surface area contributed by atoms with Gasteiger partial charge in [0, 0.05) is 18.2 Å². The van der Waals surface area contributed by atoms with E-state index in [0.29, 0.717) is 18.2 Å². The lowest BCUT2D eigenvalue weighted by Gasteiger charge is -2.05. The number of nitrogens with two attached hydrogens (primary N) is 1. The highest BCUT2D eigenvalue weighted by molar-refractivity contribution is 5.57. The van der Waals surface area contributed by atoms with Crippen LogP contribution in [0.1, 0.15) is 11.3 Å². The van der Waals surface area contributed by atoms with E-state index in [9.17, 15) is 0 Å². The monoisotopic (exact) mass is 228 g/mol. The molecule has 0 aliphatic carbocycles. The second kappa shape index (κ2) is 4.93. The van der Waals surface area contributed by atoms with Crippen molar-refractivity contribution in [3.63, 3.8) is 0 Å². The minimum absolute atomic E-state index is 0.501. The minimum atomic E-state index is 0.501. The van der Waals surface area contributed by atoms with Crippen LogP contribution >= 0.6 is 0 Å². The topological polar surface area (TPSA) is 63.8 Å². The molecule has 88 valence electrons. The molecule has 0 spiro atoms. The van der Waals surface area contributed by atoms with E-state index in [4.69, 9.17) is 5.73 Å². The maximum absolute atomic E-state index is 5.78. The number of hydrogen-bond donors (Lipinski definition) is 2. The molecule has 0 unspecified atom stereocenters. The van der Waals surface area contributed by atoms with Crippen molar-refractivity contribution in [2.75, 3.05) is 12.8 Å². The summed E-state index contributed by atoms with van der Waals surface area (Å²) in [6.07, 6.45) is 0. The van der Waals surface area contributed by atoms with Gasteiger partial charge in [-0.1, -0.05) is 29.8 Å². The van der Waals surface area contributed by atoms with Gasteiger partial charge in [-0.2, -0.15) is 0 Å². The number of rotatable bonds is 3. The van der Waals surface area contributed by atoms with Crippen molar-refractivity contribution in [1.29, 1.82) is 0 Å². The third-order valence-electron chi connectivity index (χ3n) is 2.47. The van der Waals surface area contributed by atoms with E-state index in [1.807, 2.05) is 31.3 Å². The fraction of sp³-hybridized carbons (Fsp3) is 0.231. The van der Waals surface area contributed by atoms with Gasteiger partial charge in [0.05, 0.1) is 5.69 Å². The Morgan fingerprint density at radius 1 is 1.18 bits per heavy atom. The quantitative estimate of drug-likeness (QED) is 0.840. The molecule has 1 aromatic carbocycles. The largest absolute Gasteiger partial charge is 0.384 e. The molecule has 0 atom stereocenters. The van der Waals surface area contributed by atoms with E-state index in [0.717, 1.165) is 11.3 Å². The summed E-state index contributed by atoms with van der Waals surface area (Å²) in [5.74, 6) is 1.18. The summed E-state index contributed by atoms with van der Waals surface area (Å²) in [4.78, 5) is 8.72. The Morgan fingerprint density at radius 3 is 2.53 bits per heavy atom. The minimum Gasteiger partial charge on any atom is -0.384 e. The van der Waals surface area contributed by atoms with Crippen molar-refractivity contribution >= 4 is 5.82 Å². The van der Waals surface area contributed by atoms with Gasteiger partial charge in [-0.3, -0.25) is 0 Å². The Morgan fingerprint density at radius 2 is 1.88 bits per heavy atom. The lowest BCUT2D eigenvalue weighted by atomic mass is 10.1. The fourth-order valence-electron chi connectivity index (χ4n) is 1.62. The number of nitrogen functional groups attached to an aromatic ring is 1. The Bertz CT molecular complexity index is 505. The molecule has 0 aliphatic heterocycles. The average Bonchev–Trinajstić information content (AvgIpc) is 2.29. The molecule has 4 heteroatoms. The molecule has 0 bridgehead atoms. The van der Waals surface area contributed by atoms with Gasteiger partial charge in [-0.05, 0) is 14.0 Å². The number of nitrogens with one attached hydrogen (secondary N) is 1.